The van der Waals surface area contributed by atoms with Crippen LogP contribution in [0.15, 0.2) is 48.6 Å². The summed E-state index contributed by atoms with van der Waals surface area (Å²) in [5, 5.41) is 9.67. The second-order valence-electron chi connectivity index (χ2n) is 18.8. The Hall–Kier alpha value is -2.75. The van der Waals surface area contributed by atoms with Crippen molar-refractivity contribution in [2.24, 2.45) is 0 Å². The molecule has 64 heavy (non-hydrogen) atoms. The minimum absolute atomic E-state index is 0.184. The molecule has 2 unspecified atom stereocenters. The van der Waals surface area contributed by atoms with Gasteiger partial charge in [0.15, 0.2) is 6.10 Å². The number of hydrogen-bond acceptors (Lipinski definition) is 7. The van der Waals surface area contributed by atoms with E-state index in [1.807, 2.05) is 21.1 Å². The van der Waals surface area contributed by atoms with Crippen LogP contribution in [0, 0.1) is 0 Å². The van der Waals surface area contributed by atoms with Crippen molar-refractivity contribution in [3.05, 3.63) is 48.6 Å². The first kappa shape index (κ1) is 61.2. The number of aliphatic carboxylic acids is 1. The van der Waals surface area contributed by atoms with Crippen molar-refractivity contribution in [1.82, 2.24) is 0 Å². The van der Waals surface area contributed by atoms with Gasteiger partial charge in [0.2, 0.25) is 0 Å². The number of quaternary nitrogens is 1. The summed E-state index contributed by atoms with van der Waals surface area (Å²) in [5.74, 6) is -2.02. The molecule has 2 atom stereocenters. The summed E-state index contributed by atoms with van der Waals surface area (Å²) in [4.78, 5) is 37.3. The van der Waals surface area contributed by atoms with E-state index in [4.69, 9.17) is 18.9 Å². The van der Waals surface area contributed by atoms with Crippen molar-refractivity contribution in [3.63, 3.8) is 0 Å². The number of esters is 2. The monoisotopic (exact) mass is 903 g/mol. The Balaban J connectivity index is 4.33. The molecule has 0 aromatic rings. The highest BCUT2D eigenvalue weighted by molar-refractivity contribution is 5.71. The molecule has 0 aromatic heterocycles. The Morgan fingerprint density at radius 2 is 0.844 bits per heavy atom. The predicted octanol–water partition coefficient (Wildman–Crippen LogP) is 14.7. The zero-order valence-electron chi connectivity index (χ0n) is 42.2. The standard InChI is InChI=1S/C55H99NO8/c1-6-8-10-12-14-16-18-20-22-24-25-26-27-28-29-30-32-34-36-38-40-42-44-46-53(58)64-51(50-63-55(54(59)60)61-48-47-56(3,4)5)49-62-52(57)45-43-41-39-37-35-33-31-23-21-19-17-15-13-11-9-7-2/h17-20,23-25,31,51,55H,6-16,21-22,26-30,32-50H2,1-5H3/p+1/b19-17-,20-18-,25-24-,31-23-. The third-order valence-electron chi connectivity index (χ3n) is 11.3. The number of carboxylic acid groups (broad SMARTS) is 1. The van der Waals surface area contributed by atoms with Gasteiger partial charge in [-0.15, -0.1) is 0 Å². The largest absolute Gasteiger partial charge is 0.477 e. The van der Waals surface area contributed by atoms with Gasteiger partial charge in [0.25, 0.3) is 6.29 Å². The fourth-order valence-electron chi connectivity index (χ4n) is 7.19. The smallest absolute Gasteiger partial charge is 0.361 e. The zero-order valence-corrected chi connectivity index (χ0v) is 42.2. The number of allylic oxidation sites excluding steroid dienone is 8. The SMILES string of the molecule is CCCCCC/C=C\C/C=C\CCCCCCCC(=O)OCC(COC(OCC[N+](C)(C)C)C(=O)O)OC(=O)CCCCCCCCCCCCC/C=C\C/C=C\CCCCCCC. The van der Waals surface area contributed by atoms with Gasteiger partial charge >= 0.3 is 17.9 Å². The molecule has 1 N–H and O–H groups in total. The van der Waals surface area contributed by atoms with Crippen LogP contribution in [0.5, 0.6) is 0 Å². The number of hydrogen-bond donors (Lipinski definition) is 1. The summed E-state index contributed by atoms with van der Waals surface area (Å²) in [6.07, 6.45) is 53.1. The lowest BCUT2D eigenvalue weighted by Crippen LogP contribution is -2.40. The van der Waals surface area contributed by atoms with Crippen LogP contribution in [0.4, 0.5) is 0 Å². The van der Waals surface area contributed by atoms with Gasteiger partial charge < -0.3 is 28.5 Å². The van der Waals surface area contributed by atoms with E-state index in [1.54, 1.807) is 0 Å². The van der Waals surface area contributed by atoms with Crippen LogP contribution >= 0.6 is 0 Å². The molecule has 0 aliphatic rings. The highest BCUT2D eigenvalue weighted by Crippen LogP contribution is 2.15. The summed E-state index contributed by atoms with van der Waals surface area (Å²) in [7, 11) is 5.96. The van der Waals surface area contributed by atoms with Crippen LogP contribution in [0.1, 0.15) is 226 Å². The van der Waals surface area contributed by atoms with Crippen molar-refractivity contribution < 1.29 is 42.9 Å². The maximum absolute atomic E-state index is 12.8. The predicted molar refractivity (Wildman–Crippen MR) is 267 cm³/mol. The lowest BCUT2D eigenvalue weighted by atomic mass is 10.0. The molecule has 9 heteroatoms. The van der Waals surface area contributed by atoms with Crippen molar-refractivity contribution >= 4 is 17.9 Å². The Bertz CT molecular complexity index is 1190. The molecule has 0 aliphatic heterocycles. The molecule has 0 aromatic carbocycles. The Kier molecular flexibility index (Phi) is 44.8. The van der Waals surface area contributed by atoms with Gasteiger partial charge in [0.05, 0.1) is 34.4 Å². The number of nitrogens with zero attached hydrogens (tertiary/aromatic N) is 1. The molecule has 0 saturated carbocycles. The highest BCUT2D eigenvalue weighted by atomic mass is 16.7. The first-order valence-corrected chi connectivity index (χ1v) is 26.3. The first-order valence-electron chi connectivity index (χ1n) is 26.3. The summed E-state index contributed by atoms with van der Waals surface area (Å²) in [6.45, 7) is 4.84. The summed E-state index contributed by atoms with van der Waals surface area (Å²) in [5.41, 5.74) is 0. The lowest BCUT2D eigenvalue weighted by molar-refractivity contribution is -0.870. The van der Waals surface area contributed by atoms with Gasteiger partial charge in [-0.3, -0.25) is 9.59 Å². The maximum atomic E-state index is 12.8. The fraction of sp³-hybridized carbons (Fsp3) is 0.800. The molecule has 0 bridgehead atoms. The van der Waals surface area contributed by atoms with Crippen LogP contribution in [-0.4, -0.2) is 87.4 Å². The van der Waals surface area contributed by atoms with Crippen molar-refractivity contribution in [2.45, 2.75) is 238 Å². The molecule has 0 radical (unpaired) electrons. The Morgan fingerprint density at radius 1 is 0.469 bits per heavy atom. The van der Waals surface area contributed by atoms with E-state index in [-0.39, 0.29) is 38.6 Å². The molecule has 0 spiro atoms. The van der Waals surface area contributed by atoms with E-state index in [0.29, 0.717) is 11.0 Å². The summed E-state index contributed by atoms with van der Waals surface area (Å²) in [6, 6.07) is 0. The number of unbranched alkanes of at least 4 members (excludes halogenated alkanes) is 25. The highest BCUT2D eigenvalue weighted by Gasteiger charge is 2.25. The normalized spacial score (nSPS) is 13.2. The zero-order chi connectivity index (χ0) is 47.0. The summed E-state index contributed by atoms with van der Waals surface area (Å²) < 4.78 is 22.8. The summed E-state index contributed by atoms with van der Waals surface area (Å²) >= 11 is 0. The van der Waals surface area contributed by atoms with Gasteiger partial charge in [-0.25, -0.2) is 4.79 Å². The van der Waals surface area contributed by atoms with Crippen LogP contribution in [0.25, 0.3) is 0 Å². The second-order valence-corrected chi connectivity index (χ2v) is 18.8. The van der Waals surface area contributed by atoms with Gasteiger partial charge in [0, 0.05) is 12.8 Å². The lowest BCUT2D eigenvalue weighted by Gasteiger charge is -2.25. The Labute approximate surface area is 393 Å². The molecular formula is C55H100NO8+. The van der Waals surface area contributed by atoms with Crippen molar-refractivity contribution in [2.75, 3.05) is 47.5 Å². The van der Waals surface area contributed by atoms with Crippen LogP contribution in [0.2, 0.25) is 0 Å². The van der Waals surface area contributed by atoms with E-state index in [9.17, 15) is 19.5 Å². The van der Waals surface area contributed by atoms with Gasteiger partial charge in [-0.05, 0) is 77.0 Å². The number of ether oxygens (including phenoxy) is 4. The second kappa shape index (κ2) is 46.8. The number of rotatable bonds is 48. The molecule has 0 fully saturated rings. The molecular weight excluding hydrogens is 803 g/mol. The fourth-order valence-corrected chi connectivity index (χ4v) is 7.19. The van der Waals surface area contributed by atoms with E-state index in [2.05, 4.69) is 62.5 Å². The van der Waals surface area contributed by atoms with E-state index >= 15 is 0 Å². The van der Waals surface area contributed by atoms with Crippen molar-refractivity contribution in [1.29, 1.82) is 0 Å². The maximum Gasteiger partial charge on any atom is 0.361 e. The minimum Gasteiger partial charge on any atom is -0.477 e. The van der Waals surface area contributed by atoms with Crippen molar-refractivity contribution in [3.8, 4) is 0 Å². The Morgan fingerprint density at radius 3 is 1.25 bits per heavy atom. The third-order valence-corrected chi connectivity index (χ3v) is 11.3. The van der Waals surface area contributed by atoms with Gasteiger partial charge in [-0.2, -0.15) is 0 Å². The molecule has 0 rings (SSSR count). The van der Waals surface area contributed by atoms with E-state index in [0.717, 1.165) is 70.6 Å². The number of carbonyl (C=O) groups is 3. The first-order chi connectivity index (χ1) is 31.1. The quantitative estimate of drug-likeness (QED) is 0.0211. The number of likely N-dealkylation sites (N-methyl/N-ethyl adjacent to an activating group) is 1. The molecule has 0 aliphatic carbocycles. The van der Waals surface area contributed by atoms with E-state index in [1.165, 1.54) is 128 Å². The molecule has 9 nitrogen and oxygen atoms in total. The molecule has 0 amide bonds. The third kappa shape index (κ3) is 47.2. The van der Waals surface area contributed by atoms with E-state index < -0.39 is 24.3 Å². The molecule has 0 saturated heterocycles. The van der Waals surface area contributed by atoms with Gasteiger partial charge in [0.1, 0.15) is 13.2 Å². The van der Waals surface area contributed by atoms with Crippen LogP contribution < -0.4 is 0 Å². The molecule has 0 heterocycles. The van der Waals surface area contributed by atoms with Gasteiger partial charge in [-0.1, -0.05) is 184 Å². The number of carboxylic acids is 1. The van der Waals surface area contributed by atoms with Crippen LogP contribution in [0.3, 0.4) is 0 Å². The topological polar surface area (TPSA) is 108 Å². The average Bonchev–Trinajstić information content (AvgIpc) is 3.26. The molecule has 372 valence electrons. The number of carbonyl (C=O) groups excluding carboxylic acids is 2. The van der Waals surface area contributed by atoms with Crippen LogP contribution in [-0.2, 0) is 33.3 Å². The average molecular weight is 903 g/mol. The minimum atomic E-state index is -1.51.